The predicted octanol–water partition coefficient (Wildman–Crippen LogP) is 4.14. The second-order valence-corrected chi connectivity index (χ2v) is 5.78. The van der Waals surface area contributed by atoms with Crippen molar-refractivity contribution in [1.29, 1.82) is 0 Å². The predicted molar refractivity (Wildman–Crippen MR) is 79.7 cm³/mol. The van der Waals surface area contributed by atoms with Crippen molar-refractivity contribution in [3.63, 3.8) is 0 Å². The molecule has 0 radical (unpaired) electrons. The zero-order chi connectivity index (χ0) is 13.1. The van der Waals surface area contributed by atoms with E-state index in [0.29, 0.717) is 5.88 Å². The van der Waals surface area contributed by atoms with Crippen LogP contribution in [0.1, 0.15) is 21.8 Å². The van der Waals surface area contributed by atoms with Gasteiger partial charge in [-0.15, -0.1) is 22.9 Å². The van der Waals surface area contributed by atoms with Crippen molar-refractivity contribution in [2.45, 2.75) is 26.3 Å². The molecular formula is C14H17ClN2S. The Morgan fingerprint density at radius 1 is 1.22 bits per heavy atom. The van der Waals surface area contributed by atoms with Gasteiger partial charge in [0.1, 0.15) is 5.01 Å². The van der Waals surface area contributed by atoms with Crippen LogP contribution in [0.5, 0.6) is 0 Å². The first-order chi connectivity index (χ1) is 8.58. The lowest BCUT2D eigenvalue weighted by molar-refractivity contribution is 0.902. The van der Waals surface area contributed by atoms with Crippen LogP contribution in [-0.2, 0) is 12.4 Å². The fourth-order valence-electron chi connectivity index (χ4n) is 1.95. The van der Waals surface area contributed by atoms with Gasteiger partial charge < -0.3 is 4.90 Å². The lowest BCUT2D eigenvalue weighted by atomic mass is 10.1. The minimum absolute atomic E-state index is 0.490. The Labute approximate surface area is 117 Å². The highest BCUT2D eigenvalue weighted by Gasteiger charge is 2.07. The first-order valence-corrected chi connectivity index (χ1v) is 7.28. The molecule has 96 valence electrons. The second kappa shape index (κ2) is 5.72. The number of alkyl halides is 1. The molecule has 0 atom stereocenters. The van der Waals surface area contributed by atoms with E-state index in [9.17, 15) is 0 Å². The van der Waals surface area contributed by atoms with Crippen LogP contribution in [0, 0.1) is 13.8 Å². The van der Waals surface area contributed by atoms with Gasteiger partial charge in [-0.25, -0.2) is 4.98 Å². The maximum atomic E-state index is 5.77. The zero-order valence-corrected chi connectivity index (χ0v) is 12.5. The van der Waals surface area contributed by atoms with Crippen molar-refractivity contribution in [3.8, 4) is 0 Å². The molecule has 0 unspecified atom stereocenters. The van der Waals surface area contributed by atoms with Gasteiger partial charge in [-0.3, -0.25) is 0 Å². The fraction of sp³-hybridized carbons (Fsp3) is 0.357. The normalized spacial score (nSPS) is 10.7. The lowest BCUT2D eigenvalue weighted by Crippen LogP contribution is -2.16. The Bertz CT molecular complexity index is 516. The van der Waals surface area contributed by atoms with E-state index in [4.69, 9.17) is 11.6 Å². The van der Waals surface area contributed by atoms with Crippen LogP contribution < -0.4 is 4.90 Å². The number of anilines is 1. The minimum Gasteiger partial charge on any atom is -0.368 e. The van der Waals surface area contributed by atoms with Gasteiger partial charge in [-0.2, -0.15) is 0 Å². The third kappa shape index (κ3) is 3.24. The molecule has 0 bridgehead atoms. The van der Waals surface area contributed by atoms with Crippen molar-refractivity contribution in [2.24, 2.45) is 0 Å². The van der Waals surface area contributed by atoms with E-state index >= 15 is 0 Å². The highest BCUT2D eigenvalue weighted by atomic mass is 35.5. The van der Waals surface area contributed by atoms with Crippen molar-refractivity contribution >= 4 is 28.6 Å². The van der Waals surface area contributed by atoms with Gasteiger partial charge >= 0.3 is 0 Å². The van der Waals surface area contributed by atoms with Crippen molar-refractivity contribution in [3.05, 3.63) is 45.4 Å². The molecule has 0 saturated heterocycles. The summed E-state index contributed by atoms with van der Waals surface area (Å²) >= 11 is 7.43. The van der Waals surface area contributed by atoms with Crippen molar-refractivity contribution in [1.82, 2.24) is 4.98 Å². The summed E-state index contributed by atoms with van der Waals surface area (Å²) in [5.41, 5.74) is 4.77. The van der Waals surface area contributed by atoms with Crippen molar-refractivity contribution in [2.75, 3.05) is 11.9 Å². The number of halogens is 1. The van der Waals surface area contributed by atoms with Crippen molar-refractivity contribution < 1.29 is 0 Å². The molecule has 4 heteroatoms. The molecule has 0 aliphatic heterocycles. The number of hydrogen-bond acceptors (Lipinski definition) is 3. The Kier molecular flexibility index (Phi) is 4.25. The number of aryl methyl sites for hydroxylation is 2. The summed E-state index contributed by atoms with van der Waals surface area (Å²) in [7, 11) is 2.09. The third-order valence-electron chi connectivity index (χ3n) is 2.76. The Hall–Kier alpha value is -1.06. The van der Waals surface area contributed by atoms with Gasteiger partial charge in [0, 0.05) is 18.1 Å². The number of aromatic nitrogens is 1. The summed E-state index contributed by atoms with van der Waals surface area (Å²) in [4.78, 5) is 6.70. The van der Waals surface area contributed by atoms with E-state index in [-0.39, 0.29) is 0 Å². The largest absolute Gasteiger partial charge is 0.368 e. The smallest absolute Gasteiger partial charge is 0.112 e. The molecule has 0 saturated carbocycles. The summed E-state index contributed by atoms with van der Waals surface area (Å²) < 4.78 is 0. The summed E-state index contributed by atoms with van der Waals surface area (Å²) in [6.07, 6.45) is 0. The number of thiazole rings is 1. The van der Waals surface area contributed by atoms with E-state index in [2.05, 4.69) is 49.0 Å². The van der Waals surface area contributed by atoms with Gasteiger partial charge in [0.25, 0.3) is 0 Å². The monoisotopic (exact) mass is 280 g/mol. The molecule has 1 heterocycles. The summed E-state index contributed by atoms with van der Waals surface area (Å²) in [5.74, 6) is 0.490. The zero-order valence-electron chi connectivity index (χ0n) is 10.9. The molecule has 2 rings (SSSR count). The Balaban J connectivity index is 2.13. The standard InChI is InChI=1S/C14H17ClN2S/c1-10-4-11(2)6-13(5-10)17(3)8-14-16-12(7-15)9-18-14/h4-6,9H,7-8H2,1-3H3. The molecule has 2 nitrogen and oxygen atoms in total. The first-order valence-electron chi connectivity index (χ1n) is 5.87. The molecule has 1 aromatic heterocycles. The second-order valence-electron chi connectivity index (χ2n) is 4.57. The molecule has 0 fully saturated rings. The van der Waals surface area contributed by atoms with E-state index in [1.54, 1.807) is 11.3 Å². The molecule has 0 N–H and O–H groups in total. The quantitative estimate of drug-likeness (QED) is 0.783. The molecule has 2 aromatic rings. The van der Waals surface area contributed by atoms with E-state index in [1.807, 2.05) is 5.38 Å². The first kappa shape index (κ1) is 13.4. The number of nitrogens with zero attached hydrogens (tertiary/aromatic N) is 2. The van der Waals surface area contributed by atoms with Gasteiger partial charge in [0.05, 0.1) is 18.1 Å². The summed E-state index contributed by atoms with van der Waals surface area (Å²) in [6.45, 7) is 5.07. The van der Waals surface area contributed by atoms with E-state index < -0.39 is 0 Å². The Morgan fingerprint density at radius 2 is 1.89 bits per heavy atom. The van der Waals surface area contributed by atoms with Crippen LogP contribution in [0.25, 0.3) is 0 Å². The van der Waals surface area contributed by atoms with E-state index in [1.165, 1.54) is 16.8 Å². The highest BCUT2D eigenvalue weighted by molar-refractivity contribution is 7.09. The van der Waals surface area contributed by atoms with Crippen LogP contribution in [0.4, 0.5) is 5.69 Å². The van der Waals surface area contributed by atoms with Gasteiger partial charge in [-0.1, -0.05) is 6.07 Å². The average molecular weight is 281 g/mol. The van der Waals surface area contributed by atoms with Crippen LogP contribution in [-0.4, -0.2) is 12.0 Å². The van der Waals surface area contributed by atoms with Gasteiger partial charge in [-0.05, 0) is 37.1 Å². The number of hydrogen-bond donors (Lipinski definition) is 0. The van der Waals surface area contributed by atoms with E-state index in [0.717, 1.165) is 17.2 Å². The number of benzene rings is 1. The van der Waals surface area contributed by atoms with Crippen LogP contribution in [0.15, 0.2) is 23.6 Å². The summed E-state index contributed by atoms with van der Waals surface area (Å²) in [6, 6.07) is 6.58. The highest BCUT2D eigenvalue weighted by Crippen LogP contribution is 2.21. The van der Waals surface area contributed by atoms with Gasteiger partial charge in [0.15, 0.2) is 0 Å². The molecule has 0 aliphatic rings. The van der Waals surface area contributed by atoms with Gasteiger partial charge in [0.2, 0.25) is 0 Å². The maximum Gasteiger partial charge on any atom is 0.112 e. The maximum absolute atomic E-state index is 5.77. The van der Waals surface area contributed by atoms with Crippen LogP contribution in [0.3, 0.4) is 0 Å². The molecular weight excluding hydrogens is 264 g/mol. The fourth-order valence-corrected chi connectivity index (χ4v) is 3.02. The van der Waals surface area contributed by atoms with Crippen LogP contribution >= 0.6 is 22.9 Å². The molecule has 0 spiro atoms. The lowest BCUT2D eigenvalue weighted by Gasteiger charge is -2.19. The Morgan fingerprint density at radius 3 is 2.44 bits per heavy atom. The minimum atomic E-state index is 0.490. The number of rotatable bonds is 4. The SMILES string of the molecule is Cc1cc(C)cc(N(C)Cc2nc(CCl)cs2)c1. The topological polar surface area (TPSA) is 16.1 Å². The molecule has 1 aromatic carbocycles. The van der Waals surface area contributed by atoms with Crippen LogP contribution in [0.2, 0.25) is 0 Å². The molecule has 18 heavy (non-hydrogen) atoms. The average Bonchev–Trinajstić information content (AvgIpc) is 2.75. The molecule has 0 amide bonds. The third-order valence-corrected chi connectivity index (χ3v) is 3.91. The molecule has 0 aliphatic carbocycles. The summed E-state index contributed by atoms with van der Waals surface area (Å²) in [5, 5.41) is 3.13.